The summed E-state index contributed by atoms with van der Waals surface area (Å²) in [6.45, 7) is 0. The van der Waals surface area contributed by atoms with Crippen LogP contribution in [0.25, 0.3) is 22.7 Å². The van der Waals surface area contributed by atoms with Crippen molar-refractivity contribution in [3.8, 4) is 22.7 Å². The van der Waals surface area contributed by atoms with E-state index >= 15 is 0 Å². The number of halogens is 4. The van der Waals surface area contributed by atoms with Gasteiger partial charge in [0, 0.05) is 4.47 Å². The minimum atomic E-state index is 0.274. The molecule has 0 amide bonds. The Morgan fingerprint density at radius 3 is 2.05 bits per heavy atom. The highest BCUT2D eigenvalue weighted by Gasteiger charge is 2.17. The zero-order valence-corrected chi connectivity index (χ0v) is 15.0. The van der Waals surface area contributed by atoms with E-state index in [2.05, 4.69) is 41.8 Å². The number of hydrogen-bond donors (Lipinski definition) is 0. The largest absolute Gasteiger partial charge is 0.460 e. The average molecular weight is 449 g/mol. The Hall–Kier alpha value is -0.880. The first-order valence-electron chi connectivity index (χ1n) is 5.78. The summed E-state index contributed by atoms with van der Waals surface area (Å²) >= 11 is 19.3. The molecule has 0 N–H and O–H groups in total. The van der Waals surface area contributed by atoms with Crippen LogP contribution >= 0.6 is 55.1 Å². The van der Waals surface area contributed by atoms with E-state index in [9.17, 15) is 0 Å². The molecule has 0 bridgehead atoms. The third-order valence-corrected chi connectivity index (χ3v) is 4.47. The maximum absolute atomic E-state index is 6.27. The Morgan fingerprint density at radius 2 is 1.52 bits per heavy atom. The van der Waals surface area contributed by atoms with E-state index in [4.69, 9.17) is 27.6 Å². The number of aromatic nitrogens is 2. The summed E-state index contributed by atoms with van der Waals surface area (Å²) in [4.78, 5) is 8.54. The molecule has 2 heterocycles. The van der Waals surface area contributed by atoms with Crippen LogP contribution in [-0.2, 0) is 0 Å². The molecule has 106 valence electrons. The highest BCUT2D eigenvalue weighted by molar-refractivity contribution is 9.10. The van der Waals surface area contributed by atoms with Gasteiger partial charge in [0.25, 0.3) is 0 Å². The third-order valence-electron chi connectivity index (χ3n) is 2.77. The lowest BCUT2D eigenvalue weighted by Crippen LogP contribution is -1.94. The Balaban J connectivity index is 2.13. The molecule has 0 saturated carbocycles. The summed E-state index contributed by atoms with van der Waals surface area (Å²) in [5.41, 5.74) is 1.44. The molecule has 0 radical (unpaired) electrons. The summed E-state index contributed by atoms with van der Waals surface area (Å²) in [6.07, 6.45) is 1.53. The molecule has 0 aliphatic carbocycles. The second-order valence-electron chi connectivity index (χ2n) is 4.11. The smallest absolute Gasteiger partial charge is 0.199 e. The molecule has 0 aliphatic rings. The second-order valence-corrected chi connectivity index (χ2v) is 6.59. The quantitative estimate of drug-likeness (QED) is 0.436. The van der Waals surface area contributed by atoms with Gasteiger partial charge in [-0.15, -0.1) is 0 Å². The fourth-order valence-electron chi connectivity index (χ4n) is 1.82. The third kappa shape index (κ3) is 3.01. The molecule has 7 heteroatoms. The van der Waals surface area contributed by atoms with Crippen molar-refractivity contribution in [1.82, 2.24) is 9.97 Å². The Bertz CT molecular complexity index is 780. The van der Waals surface area contributed by atoms with Crippen LogP contribution in [0.15, 0.2) is 50.0 Å². The van der Waals surface area contributed by atoms with Gasteiger partial charge in [-0.3, -0.25) is 0 Å². The van der Waals surface area contributed by atoms with Crippen molar-refractivity contribution >= 4 is 55.1 Å². The summed E-state index contributed by atoms with van der Waals surface area (Å²) in [6, 6.07) is 9.34. The molecule has 0 fully saturated rings. The summed E-state index contributed by atoms with van der Waals surface area (Å²) < 4.78 is 7.04. The fraction of sp³-hybridized carbons (Fsp3) is 0. The standard InChI is InChI=1S/C14H6Br2Cl2N2O/c15-8-3-1-7(2-4-8)10-12(17)19-14(20-13(10)18)11-9(16)5-6-21-11/h1-6H. The van der Waals surface area contributed by atoms with Gasteiger partial charge in [0.2, 0.25) is 0 Å². The lowest BCUT2D eigenvalue weighted by Gasteiger charge is -2.08. The Kier molecular flexibility index (Phi) is 4.36. The van der Waals surface area contributed by atoms with E-state index in [-0.39, 0.29) is 10.3 Å². The van der Waals surface area contributed by atoms with Gasteiger partial charge < -0.3 is 4.42 Å². The zero-order valence-electron chi connectivity index (χ0n) is 10.3. The minimum absolute atomic E-state index is 0.274. The zero-order chi connectivity index (χ0) is 15.0. The van der Waals surface area contributed by atoms with Crippen LogP contribution < -0.4 is 0 Å². The normalized spacial score (nSPS) is 10.9. The van der Waals surface area contributed by atoms with Gasteiger partial charge in [-0.05, 0) is 39.7 Å². The van der Waals surface area contributed by atoms with Gasteiger partial charge in [-0.2, -0.15) is 0 Å². The van der Waals surface area contributed by atoms with Crippen LogP contribution in [0, 0.1) is 0 Å². The van der Waals surface area contributed by atoms with Gasteiger partial charge in [0.1, 0.15) is 10.3 Å². The molecule has 0 aliphatic heterocycles. The van der Waals surface area contributed by atoms with Crippen LogP contribution in [0.1, 0.15) is 0 Å². The summed E-state index contributed by atoms with van der Waals surface area (Å²) in [5, 5.41) is 0.547. The van der Waals surface area contributed by atoms with Crippen LogP contribution in [0.3, 0.4) is 0 Å². The number of benzene rings is 1. The van der Waals surface area contributed by atoms with Crippen LogP contribution in [0.5, 0.6) is 0 Å². The van der Waals surface area contributed by atoms with Crippen molar-refractivity contribution in [3.05, 3.63) is 55.8 Å². The SMILES string of the molecule is Clc1nc(-c2occc2Br)nc(Cl)c1-c1ccc(Br)cc1. The highest BCUT2D eigenvalue weighted by Crippen LogP contribution is 2.36. The van der Waals surface area contributed by atoms with Gasteiger partial charge in [-0.1, -0.05) is 51.3 Å². The molecule has 2 aromatic heterocycles. The van der Waals surface area contributed by atoms with Crippen molar-refractivity contribution in [3.63, 3.8) is 0 Å². The first-order valence-corrected chi connectivity index (χ1v) is 8.13. The molecular formula is C14H6Br2Cl2N2O. The first-order chi connectivity index (χ1) is 10.1. The second kappa shape index (κ2) is 6.08. The molecule has 1 aromatic carbocycles. The highest BCUT2D eigenvalue weighted by atomic mass is 79.9. The maximum atomic E-state index is 6.27. The fourth-order valence-corrected chi connectivity index (χ4v) is 3.07. The molecule has 21 heavy (non-hydrogen) atoms. The molecule has 0 spiro atoms. The van der Waals surface area contributed by atoms with Crippen molar-refractivity contribution < 1.29 is 4.42 Å². The minimum Gasteiger partial charge on any atom is -0.460 e. The van der Waals surface area contributed by atoms with Crippen LogP contribution in [0.4, 0.5) is 0 Å². The van der Waals surface area contributed by atoms with Gasteiger partial charge >= 0.3 is 0 Å². The number of hydrogen-bond acceptors (Lipinski definition) is 3. The van der Waals surface area contributed by atoms with Crippen molar-refractivity contribution in [2.24, 2.45) is 0 Å². The van der Waals surface area contributed by atoms with Gasteiger partial charge in [0.15, 0.2) is 11.6 Å². The predicted molar refractivity (Wildman–Crippen MR) is 90.6 cm³/mol. The van der Waals surface area contributed by atoms with E-state index in [1.54, 1.807) is 6.07 Å². The van der Waals surface area contributed by atoms with E-state index in [0.717, 1.165) is 14.5 Å². The van der Waals surface area contributed by atoms with Crippen LogP contribution in [0.2, 0.25) is 10.3 Å². The summed E-state index contributed by atoms with van der Waals surface area (Å²) in [7, 11) is 0. The number of rotatable bonds is 2. The monoisotopic (exact) mass is 446 g/mol. The summed E-state index contributed by atoms with van der Waals surface area (Å²) in [5.74, 6) is 0.823. The van der Waals surface area contributed by atoms with E-state index in [0.29, 0.717) is 17.1 Å². The van der Waals surface area contributed by atoms with Crippen LogP contribution in [-0.4, -0.2) is 9.97 Å². The average Bonchev–Trinajstić information content (AvgIpc) is 2.86. The molecule has 3 aromatic rings. The molecule has 0 saturated heterocycles. The molecule has 0 unspecified atom stereocenters. The topological polar surface area (TPSA) is 38.9 Å². The lowest BCUT2D eigenvalue weighted by atomic mass is 10.1. The van der Waals surface area contributed by atoms with Gasteiger partial charge in [-0.25, -0.2) is 9.97 Å². The van der Waals surface area contributed by atoms with Crippen molar-refractivity contribution in [2.75, 3.05) is 0 Å². The number of nitrogens with zero attached hydrogens (tertiary/aromatic N) is 2. The molecule has 3 rings (SSSR count). The Labute approximate surface area is 147 Å². The Morgan fingerprint density at radius 1 is 0.905 bits per heavy atom. The van der Waals surface area contributed by atoms with E-state index in [1.807, 2.05) is 24.3 Å². The molecule has 0 atom stereocenters. The molecule has 3 nitrogen and oxygen atoms in total. The maximum Gasteiger partial charge on any atom is 0.199 e. The lowest BCUT2D eigenvalue weighted by molar-refractivity contribution is 0.576. The van der Waals surface area contributed by atoms with Crippen molar-refractivity contribution in [2.45, 2.75) is 0 Å². The van der Waals surface area contributed by atoms with Gasteiger partial charge in [0.05, 0.1) is 16.3 Å². The van der Waals surface area contributed by atoms with E-state index < -0.39 is 0 Å². The number of furan rings is 1. The first kappa shape index (κ1) is 15.0. The van der Waals surface area contributed by atoms with Crippen molar-refractivity contribution in [1.29, 1.82) is 0 Å². The predicted octanol–water partition coefficient (Wildman–Crippen LogP) is 6.24. The molecular weight excluding hydrogens is 443 g/mol. The van der Waals surface area contributed by atoms with E-state index in [1.165, 1.54) is 6.26 Å².